The molecular formula is C34H33FN4O5. The first-order valence-electron chi connectivity index (χ1n) is 14.5. The normalized spacial score (nSPS) is 18.7. The van der Waals surface area contributed by atoms with Gasteiger partial charge in [-0.1, -0.05) is 0 Å². The van der Waals surface area contributed by atoms with Crippen LogP contribution in [0.15, 0.2) is 60.9 Å². The molecule has 6 rings (SSSR count). The number of nitrogens with two attached hydrogens (primary N) is 1. The molecule has 3 N–H and O–H groups in total. The van der Waals surface area contributed by atoms with E-state index < -0.39 is 22.7 Å². The number of halogens is 1. The Kier molecular flexibility index (Phi) is 7.41. The van der Waals surface area contributed by atoms with Gasteiger partial charge in [-0.25, -0.2) is 9.37 Å². The molecule has 2 aromatic carbocycles. The van der Waals surface area contributed by atoms with Crippen molar-refractivity contribution in [3.05, 3.63) is 89.3 Å². The Balaban J connectivity index is 1.30. The number of ketones is 1. The van der Waals surface area contributed by atoms with Gasteiger partial charge in [-0.3, -0.25) is 19.6 Å². The number of nitrogens with zero attached hydrogens (tertiary/aromatic N) is 3. The van der Waals surface area contributed by atoms with Crippen molar-refractivity contribution in [2.24, 2.45) is 5.73 Å². The number of aliphatic hydroxyl groups is 1. The van der Waals surface area contributed by atoms with Crippen molar-refractivity contribution < 1.29 is 28.6 Å². The molecule has 2 atom stereocenters. The number of carbonyl (C=O) groups excluding carboxylic acids is 2. The molecular weight excluding hydrogens is 563 g/mol. The minimum Gasteiger partial charge on any atom is -0.490 e. The van der Waals surface area contributed by atoms with E-state index >= 15 is 0 Å². The van der Waals surface area contributed by atoms with E-state index in [0.717, 1.165) is 18.5 Å². The van der Waals surface area contributed by atoms with Gasteiger partial charge >= 0.3 is 0 Å². The lowest BCUT2D eigenvalue weighted by Crippen LogP contribution is -2.40. The second-order valence-electron chi connectivity index (χ2n) is 12.0. The van der Waals surface area contributed by atoms with E-state index in [1.165, 1.54) is 12.1 Å². The predicted molar refractivity (Wildman–Crippen MR) is 161 cm³/mol. The third-order valence-corrected chi connectivity index (χ3v) is 8.30. The molecule has 0 bridgehead atoms. The molecule has 0 saturated heterocycles. The summed E-state index contributed by atoms with van der Waals surface area (Å²) in [6.45, 7) is 5.10. The summed E-state index contributed by atoms with van der Waals surface area (Å²) in [5.41, 5.74) is 7.16. The van der Waals surface area contributed by atoms with Gasteiger partial charge in [-0.15, -0.1) is 0 Å². The van der Waals surface area contributed by atoms with Crippen LogP contribution in [0.3, 0.4) is 0 Å². The van der Waals surface area contributed by atoms with Crippen LogP contribution in [0.1, 0.15) is 66.8 Å². The monoisotopic (exact) mass is 596 g/mol. The number of hydrogen-bond acceptors (Lipinski definition) is 8. The number of pyridine rings is 1. The van der Waals surface area contributed by atoms with Crippen molar-refractivity contribution in [2.75, 3.05) is 6.61 Å². The first-order chi connectivity index (χ1) is 20.9. The molecule has 9 nitrogen and oxygen atoms in total. The second kappa shape index (κ2) is 11.1. The molecule has 0 unspecified atom stereocenters. The van der Waals surface area contributed by atoms with E-state index in [2.05, 4.69) is 9.97 Å². The summed E-state index contributed by atoms with van der Waals surface area (Å²) >= 11 is 0. The van der Waals surface area contributed by atoms with Crippen molar-refractivity contribution in [1.82, 2.24) is 15.0 Å². The third-order valence-electron chi connectivity index (χ3n) is 8.30. The molecule has 3 heterocycles. The number of ether oxygens (including phenoxy) is 2. The SMILES string of the molecule is Cc1cnc(-c2cc(C(=O)CC[C@](C)(O)c3cc4c(c(-c5ccc(F)cc5)n3)OC[C@]4(C)C(N)=O)ccc2OC2CC2)cn1. The molecule has 2 aromatic heterocycles. The number of rotatable bonds is 10. The molecule has 1 aliphatic carbocycles. The Morgan fingerprint density at radius 2 is 1.89 bits per heavy atom. The fourth-order valence-corrected chi connectivity index (χ4v) is 5.20. The largest absolute Gasteiger partial charge is 0.490 e. The van der Waals surface area contributed by atoms with Crippen LogP contribution in [0.4, 0.5) is 4.39 Å². The Bertz CT molecular complexity index is 1750. The second-order valence-corrected chi connectivity index (χ2v) is 12.0. The van der Waals surface area contributed by atoms with E-state index in [4.69, 9.17) is 20.2 Å². The van der Waals surface area contributed by atoms with Crippen LogP contribution in [-0.4, -0.2) is 44.5 Å². The van der Waals surface area contributed by atoms with Crippen LogP contribution in [0.2, 0.25) is 0 Å². The van der Waals surface area contributed by atoms with Crippen molar-refractivity contribution in [1.29, 1.82) is 0 Å². The van der Waals surface area contributed by atoms with Gasteiger partial charge in [-0.05, 0) is 88.6 Å². The number of carbonyl (C=O) groups is 2. The Morgan fingerprint density at radius 1 is 1.14 bits per heavy atom. The van der Waals surface area contributed by atoms with Crippen LogP contribution >= 0.6 is 0 Å². The lowest BCUT2D eigenvalue weighted by atomic mass is 9.81. The molecule has 1 saturated carbocycles. The van der Waals surface area contributed by atoms with Crippen LogP contribution in [0, 0.1) is 12.7 Å². The number of aryl methyl sites for hydroxylation is 1. The van der Waals surface area contributed by atoms with E-state index in [1.807, 2.05) is 6.92 Å². The number of Topliss-reactive ketones (excluding diaryl/α,β-unsaturated/α-hetero) is 1. The summed E-state index contributed by atoms with van der Waals surface area (Å²) in [5.74, 6) is -0.190. The minimum absolute atomic E-state index is 0.00305. The third kappa shape index (κ3) is 5.65. The van der Waals surface area contributed by atoms with E-state index in [9.17, 15) is 19.1 Å². The molecule has 226 valence electrons. The molecule has 10 heteroatoms. The topological polar surface area (TPSA) is 138 Å². The van der Waals surface area contributed by atoms with Gasteiger partial charge in [0.1, 0.15) is 40.6 Å². The maximum atomic E-state index is 13.7. The highest BCUT2D eigenvalue weighted by molar-refractivity contribution is 5.97. The Labute approximate surface area is 254 Å². The Hall–Kier alpha value is -4.70. The minimum atomic E-state index is -1.57. The fourth-order valence-electron chi connectivity index (χ4n) is 5.20. The molecule has 2 aliphatic rings. The van der Waals surface area contributed by atoms with Crippen molar-refractivity contribution in [2.45, 2.75) is 63.6 Å². The van der Waals surface area contributed by atoms with Crippen molar-refractivity contribution in [3.63, 3.8) is 0 Å². The van der Waals surface area contributed by atoms with Gasteiger partial charge in [-0.2, -0.15) is 0 Å². The van der Waals surface area contributed by atoms with Crippen molar-refractivity contribution in [3.8, 4) is 34.0 Å². The van der Waals surface area contributed by atoms with Crippen molar-refractivity contribution >= 4 is 11.7 Å². The summed E-state index contributed by atoms with van der Waals surface area (Å²) in [6, 6.07) is 12.6. The Morgan fingerprint density at radius 3 is 2.55 bits per heavy atom. The van der Waals surface area contributed by atoms with Crippen LogP contribution in [0.5, 0.6) is 11.5 Å². The standard InChI is InChI=1S/C34H33FN4O5/c1-19-16-38-26(17-37-19)24-14-21(6-11-28(24)44-23-9-10-23)27(40)12-13-34(3,42)29-15-25-31(43-18-33(25,2)32(36)41)30(39-29)20-4-7-22(35)8-5-20/h4-8,11,14-17,23,42H,9-10,12-13,18H2,1-3H3,(H2,36,41)/t33-,34-/m0/s1. The zero-order valence-electron chi connectivity index (χ0n) is 24.8. The first-order valence-corrected chi connectivity index (χ1v) is 14.5. The van der Waals surface area contributed by atoms with Gasteiger partial charge in [0.15, 0.2) is 5.78 Å². The highest BCUT2D eigenvalue weighted by Gasteiger charge is 2.45. The van der Waals surface area contributed by atoms with Gasteiger partial charge in [0, 0.05) is 34.9 Å². The number of primary amides is 1. The molecule has 1 amide bonds. The highest BCUT2D eigenvalue weighted by Crippen LogP contribution is 2.46. The number of amides is 1. The van der Waals surface area contributed by atoms with Crippen LogP contribution in [-0.2, 0) is 15.8 Å². The fraction of sp³-hybridized carbons (Fsp3) is 0.324. The molecule has 1 fully saturated rings. The molecule has 0 radical (unpaired) electrons. The summed E-state index contributed by atoms with van der Waals surface area (Å²) in [5, 5.41) is 11.7. The van der Waals surface area contributed by atoms with E-state index in [1.54, 1.807) is 62.6 Å². The average Bonchev–Trinajstić information content (AvgIpc) is 3.76. The lowest BCUT2D eigenvalue weighted by molar-refractivity contribution is -0.123. The summed E-state index contributed by atoms with van der Waals surface area (Å²) in [6.07, 6.45) is 5.49. The summed E-state index contributed by atoms with van der Waals surface area (Å²) < 4.78 is 25.7. The predicted octanol–water partition coefficient (Wildman–Crippen LogP) is 5.20. The summed E-state index contributed by atoms with van der Waals surface area (Å²) in [4.78, 5) is 39.5. The van der Waals surface area contributed by atoms with Crippen LogP contribution < -0.4 is 15.2 Å². The van der Waals surface area contributed by atoms with Gasteiger partial charge in [0.05, 0.1) is 29.4 Å². The van der Waals surface area contributed by atoms with Gasteiger partial charge in [0.25, 0.3) is 0 Å². The first kappa shape index (κ1) is 29.4. The van der Waals surface area contributed by atoms with E-state index in [0.29, 0.717) is 45.1 Å². The summed E-state index contributed by atoms with van der Waals surface area (Å²) in [7, 11) is 0. The van der Waals surface area contributed by atoms with Crippen LogP contribution in [0.25, 0.3) is 22.5 Å². The molecule has 1 aliphatic heterocycles. The lowest BCUT2D eigenvalue weighted by Gasteiger charge is -2.26. The molecule has 4 aromatic rings. The van der Waals surface area contributed by atoms with Gasteiger partial charge < -0.3 is 20.3 Å². The zero-order chi connectivity index (χ0) is 31.2. The number of fused-ring (bicyclic) bond motifs is 1. The van der Waals surface area contributed by atoms with E-state index in [-0.39, 0.29) is 37.0 Å². The number of aromatic nitrogens is 3. The maximum absolute atomic E-state index is 13.7. The molecule has 0 spiro atoms. The molecule has 44 heavy (non-hydrogen) atoms. The zero-order valence-corrected chi connectivity index (χ0v) is 24.8. The smallest absolute Gasteiger partial charge is 0.231 e. The quantitative estimate of drug-likeness (QED) is 0.238. The highest BCUT2D eigenvalue weighted by atomic mass is 19.1. The van der Waals surface area contributed by atoms with Gasteiger partial charge in [0.2, 0.25) is 5.91 Å². The maximum Gasteiger partial charge on any atom is 0.231 e. The average molecular weight is 597 g/mol. The number of hydrogen-bond donors (Lipinski definition) is 2. The number of benzene rings is 2.